The largest absolute Gasteiger partial charge is 0.314 e. The molecule has 1 nitrogen and oxygen atoms in total. The molecule has 0 aromatic heterocycles. The highest BCUT2D eigenvalue weighted by Gasteiger charge is 2.19. The summed E-state index contributed by atoms with van der Waals surface area (Å²) in [5.41, 5.74) is 4.75. The van der Waals surface area contributed by atoms with E-state index >= 15 is 0 Å². The van der Waals surface area contributed by atoms with Gasteiger partial charge in [0.1, 0.15) is 0 Å². The third kappa shape index (κ3) is 4.81. The van der Waals surface area contributed by atoms with Gasteiger partial charge >= 0.3 is 0 Å². The molecule has 1 unspecified atom stereocenters. The molecule has 102 valence electrons. The van der Waals surface area contributed by atoms with Crippen molar-refractivity contribution in [2.24, 2.45) is 5.41 Å². The third-order valence-electron chi connectivity index (χ3n) is 3.45. The Morgan fingerprint density at radius 3 is 2.11 bits per heavy atom. The van der Waals surface area contributed by atoms with Crippen molar-refractivity contribution in [1.29, 1.82) is 0 Å². The molecule has 1 aromatic rings. The maximum absolute atomic E-state index is 3.64. The van der Waals surface area contributed by atoms with Crippen LogP contribution in [0.1, 0.15) is 50.8 Å². The minimum absolute atomic E-state index is 0.378. The summed E-state index contributed by atoms with van der Waals surface area (Å²) in [4.78, 5) is 0. The van der Waals surface area contributed by atoms with Gasteiger partial charge in [-0.1, -0.05) is 45.9 Å². The van der Waals surface area contributed by atoms with Crippen molar-refractivity contribution in [2.75, 3.05) is 6.54 Å². The summed E-state index contributed by atoms with van der Waals surface area (Å²) in [7, 11) is 0. The highest BCUT2D eigenvalue weighted by Crippen LogP contribution is 2.24. The van der Waals surface area contributed by atoms with E-state index in [0.717, 1.165) is 13.0 Å². The first kappa shape index (κ1) is 15.2. The van der Waals surface area contributed by atoms with Crippen LogP contribution in [0, 0.1) is 19.3 Å². The molecule has 0 fully saturated rings. The van der Waals surface area contributed by atoms with Crippen LogP contribution in [-0.2, 0) is 6.42 Å². The van der Waals surface area contributed by atoms with Crippen molar-refractivity contribution in [3.8, 4) is 0 Å². The second kappa shape index (κ2) is 6.38. The highest BCUT2D eigenvalue weighted by atomic mass is 14.9. The molecule has 1 N–H and O–H groups in total. The molecule has 1 rings (SSSR count). The van der Waals surface area contributed by atoms with E-state index in [1.807, 2.05) is 0 Å². The lowest BCUT2D eigenvalue weighted by atomic mass is 9.84. The monoisotopic (exact) mass is 247 g/mol. The minimum Gasteiger partial charge on any atom is -0.314 e. The van der Waals surface area contributed by atoms with Crippen molar-refractivity contribution >= 4 is 0 Å². The van der Waals surface area contributed by atoms with E-state index in [4.69, 9.17) is 0 Å². The molecule has 0 aliphatic heterocycles. The lowest BCUT2D eigenvalue weighted by Crippen LogP contribution is -2.35. The van der Waals surface area contributed by atoms with Crippen molar-refractivity contribution in [3.63, 3.8) is 0 Å². The highest BCUT2D eigenvalue weighted by molar-refractivity contribution is 5.34. The molecule has 0 spiro atoms. The summed E-state index contributed by atoms with van der Waals surface area (Å²) in [6.07, 6.45) is 2.36. The first-order valence-corrected chi connectivity index (χ1v) is 7.12. The number of rotatable bonds is 5. The number of hydrogen-bond acceptors (Lipinski definition) is 1. The van der Waals surface area contributed by atoms with E-state index in [0.29, 0.717) is 11.5 Å². The van der Waals surface area contributed by atoms with Gasteiger partial charge in [-0.2, -0.15) is 0 Å². The summed E-state index contributed by atoms with van der Waals surface area (Å²) < 4.78 is 0. The Kier molecular flexibility index (Phi) is 5.40. The van der Waals surface area contributed by atoms with Crippen molar-refractivity contribution < 1.29 is 0 Å². The molecule has 0 amide bonds. The van der Waals surface area contributed by atoms with Gasteiger partial charge in [0.05, 0.1) is 0 Å². The first-order chi connectivity index (χ1) is 8.33. The fourth-order valence-electron chi connectivity index (χ4n) is 2.66. The smallest absolute Gasteiger partial charge is 0.0112 e. The van der Waals surface area contributed by atoms with Gasteiger partial charge < -0.3 is 5.32 Å². The van der Waals surface area contributed by atoms with Crippen LogP contribution in [0.25, 0.3) is 0 Å². The fraction of sp³-hybridized carbons (Fsp3) is 0.647. The molecule has 0 radical (unpaired) electrons. The van der Waals surface area contributed by atoms with E-state index in [-0.39, 0.29) is 0 Å². The van der Waals surface area contributed by atoms with E-state index in [1.165, 1.54) is 23.1 Å². The quantitative estimate of drug-likeness (QED) is 0.819. The minimum atomic E-state index is 0.378. The SMILES string of the molecule is CCNC(Cc1c(C)cccc1C)CC(C)(C)C. The Labute approximate surface area is 113 Å². The summed E-state index contributed by atoms with van der Waals surface area (Å²) in [5.74, 6) is 0. The zero-order valence-corrected chi connectivity index (χ0v) is 12.9. The summed E-state index contributed by atoms with van der Waals surface area (Å²) in [6.45, 7) is 14.7. The van der Waals surface area contributed by atoms with Gasteiger partial charge in [0.15, 0.2) is 0 Å². The van der Waals surface area contributed by atoms with E-state index < -0.39 is 0 Å². The van der Waals surface area contributed by atoms with Gasteiger partial charge in [-0.05, 0) is 55.3 Å². The number of nitrogens with one attached hydrogen (secondary N) is 1. The molecule has 18 heavy (non-hydrogen) atoms. The normalized spacial score (nSPS) is 13.7. The van der Waals surface area contributed by atoms with Gasteiger partial charge in [-0.15, -0.1) is 0 Å². The Bertz CT molecular complexity index is 353. The van der Waals surface area contributed by atoms with Crippen molar-refractivity contribution in [2.45, 2.75) is 60.4 Å². The standard InChI is InChI=1S/C17H29N/c1-7-18-15(12-17(4,5)6)11-16-13(2)9-8-10-14(16)3/h8-10,15,18H,7,11-12H2,1-6H3. The van der Waals surface area contributed by atoms with Crippen LogP contribution >= 0.6 is 0 Å². The predicted octanol–water partition coefficient (Wildman–Crippen LogP) is 4.26. The molecule has 0 saturated heterocycles. The molecule has 0 bridgehead atoms. The van der Waals surface area contributed by atoms with Crippen LogP contribution in [0.4, 0.5) is 0 Å². The molecular formula is C17H29N. The van der Waals surface area contributed by atoms with Gasteiger partial charge in [-0.3, -0.25) is 0 Å². The second-order valence-electron chi connectivity index (χ2n) is 6.59. The molecule has 1 atom stereocenters. The van der Waals surface area contributed by atoms with Crippen LogP contribution in [0.5, 0.6) is 0 Å². The maximum Gasteiger partial charge on any atom is 0.0112 e. The van der Waals surface area contributed by atoms with Gasteiger partial charge in [0.2, 0.25) is 0 Å². The van der Waals surface area contributed by atoms with E-state index in [2.05, 4.69) is 65.1 Å². The van der Waals surface area contributed by atoms with E-state index in [9.17, 15) is 0 Å². The van der Waals surface area contributed by atoms with Crippen molar-refractivity contribution in [3.05, 3.63) is 34.9 Å². The predicted molar refractivity (Wildman–Crippen MR) is 81.2 cm³/mol. The van der Waals surface area contributed by atoms with Crippen molar-refractivity contribution in [1.82, 2.24) is 5.32 Å². The lowest BCUT2D eigenvalue weighted by Gasteiger charge is -2.27. The van der Waals surface area contributed by atoms with Crippen LogP contribution in [0.2, 0.25) is 0 Å². The average Bonchev–Trinajstić information content (AvgIpc) is 2.21. The zero-order chi connectivity index (χ0) is 13.8. The molecule has 0 aliphatic rings. The number of aryl methyl sites for hydroxylation is 2. The Morgan fingerprint density at radius 1 is 1.11 bits per heavy atom. The summed E-state index contributed by atoms with van der Waals surface area (Å²) in [5, 5.41) is 3.64. The van der Waals surface area contributed by atoms with Crippen LogP contribution < -0.4 is 5.32 Å². The third-order valence-corrected chi connectivity index (χ3v) is 3.45. The molecule has 0 aliphatic carbocycles. The van der Waals surface area contributed by atoms with Crippen LogP contribution in [0.3, 0.4) is 0 Å². The Balaban J connectivity index is 2.83. The number of benzene rings is 1. The van der Waals surface area contributed by atoms with Gasteiger partial charge in [-0.25, -0.2) is 0 Å². The molecule has 0 heterocycles. The topological polar surface area (TPSA) is 12.0 Å². The Hall–Kier alpha value is -0.820. The fourth-order valence-corrected chi connectivity index (χ4v) is 2.66. The second-order valence-corrected chi connectivity index (χ2v) is 6.59. The van der Waals surface area contributed by atoms with Crippen LogP contribution in [-0.4, -0.2) is 12.6 Å². The van der Waals surface area contributed by atoms with E-state index in [1.54, 1.807) is 0 Å². The average molecular weight is 247 g/mol. The molecule has 1 heteroatoms. The van der Waals surface area contributed by atoms with Gasteiger partial charge in [0, 0.05) is 6.04 Å². The number of hydrogen-bond donors (Lipinski definition) is 1. The summed E-state index contributed by atoms with van der Waals surface area (Å²) in [6, 6.07) is 7.18. The van der Waals surface area contributed by atoms with Gasteiger partial charge in [0.25, 0.3) is 0 Å². The maximum atomic E-state index is 3.64. The first-order valence-electron chi connectivity index (χ1n) is 7.12. The molecular weight excluding hydrogens is 218 g/mol. The molecule has 1 aromatic carbocycles. The zero-order valence-electron chi connectivity index (χ0n) is 12.9. The number of likely N-dealkylation sites (N-methyl/N-ethyl adjacent to an activating group) is 1. The Morgan fingerprint density at radius 2 is 1.67 bits per heavy atom. The lowest BCUT2D eigenvalue weighted by molar-refractivity contribution is 0.309. The van der Waals surface area contributed by atoms with Crippen LogP contribution in [0.15, 0.2) is 18.2 Å². The molecule has 0 saturated carbocycles. The summed E-state index contributed by atoms with van der Waals surface area (Å²) >= 11 is 0.